The summed E-state index contributed by atoms with van der Waals surface area (Å²) in [5.74, 6) is 0.227. The number of aliphatic carboxylic acids is 1. The topological polar surface area (TPSA) is 68.5 Å². The van der Waals surface area contributed by atoms with E-state index in [1.165, 1.54) is 0 Å². The van der Waals surface area contributed by atoms with Crippen LogP contribution in [-0.2, 0) is 11.2 Å². The second-order valence-electron chi connectivity index (χ2n) is 6.89. The molecular weight excluding hydrogens is 426 g/mol. The van der Waals surface area contributed by atoms with E-state index in [1.54, 1.807) is 30.7 Å². The molecule has 1 heterocycles. The lowest BCUT2D eigenvalue weighted by Crippen LogP contribution is -2.15. The van der Waals surface area contributed by atoms with E-state index in [0.29, 0.717) is 34.8 Å². The molecule has 6 heteroatoms. The molecule has 0 unspecified atom stereocenters. The molecule has 32 heavy (non-hydrogen) atoms. The van der Waals surface area contributed by atoms with Gasteiger partial charge in [-0.15, -0.1) is 11.6 Å². The number of fused-ring (bicyclic) bond motifs is 1. The summed E-state index contributed by atoms with van der Waals surface area (Å²) in [4.78, 5) is 24.2. The van der Waals surface area contributed by atoms with Crippen molar-refractivity contribution in [2.24, 2.45) is 0 Å². The normalized spacial score (nSPS) is 10.6. The average molecular weight is 464 g/mol. The van der Waals surface area contributed by atoms with Gasteiger partial charge in [-0.2, -0.15) is 0 Å². The van der Waals surface area contributed by atoms with Gasteiger partial charge >= 0.3 is 5.97 Å². The molecule has 178 valence electrons. The zero-order valence-corrected chi connectivity index (χ0v) is 21.3. The van der Waals surface area contributed by atoms with Crippen LogP contribution >= 0.6 is 11.6 Å². The van der Waals surface area contributed by atoms with Crippen molar-refractivity contribution < 1.29 is 19.4 Å². The smallest absolute Gasteiger partial charge is 0.307 e. The molecule has 2 aromatic rings. The van der Waals surface area contributed by atoms with Gasteiger partial charge in [0.15, 0.2) is 0 Å². The van der Waals surface area contributed by atoms with Crippen LogP contribution in [0.4, 0.5) is 0 Å². The Morgan fingerprint density at radius 3 is 2.22 bits per heavy atom. The summed E-state index contributed by atoms with van der Waals surface area (Å²) < 4.78 is 6.87. The summed E-state index contributed by atoms with van der Waals surface area (Å²) in [6, 6.07) is 5.38. The van der Waals surface area contributed by atoms with Gasteiger partial charge in [0.2, 0.25) is 0 Å². The SMILES string of the molecule is C=C(CC)CCl.CC.CC/C=C(\CC)C(=O)n1c(C)c(CC(=O)O)c2cc(OC)ccc21. The highest BCUT2D eigenvalue weighted by molar-refractivity contribution is 6.19. The van der Waals surface area contributed by atoms with E-state index in [2.05, 4.69) is 6.58 Å². The monoisotopic (exact) mass is 463 g/mol. The van der Waals surface area contributed by atoms with Crippen LogP contribution in [0.5, 0.6) is 5.75 Å². The number of alkyl halides is 1. The highest BCUT2D eigenvalue weighted by Crippen LogP contribution is 2.31. The Bertz CT molecular complexity index is 935. The van der Waals surface area contributed by atoms with Gasteiger partial charge in [0.1, 0.15) is 5.75 Å². The molecule has 1 aromatic carbocycles. The first kappa shape index (κ1) is 29.5. The Morgan fingerprint density at radius 1 is 1.19 bits per heavy atom. The third-order valence-corrected chi connectivity index (χ3v) is 5.25. The van der Waals surface area contributed by atoms with Crippen LogP contribution in [0.3, 0.4) is 0 Å². The van der Waals surface area contributed by atoms with E-state index in [4.69, 9.17) is 16.3 Å². The minimum absolute atomic E-state index is 0.0938. The zero-order chi connectivity index (χ0) is 24.8. The van der Waals surface area contributed by atoms with E-state index < -0.39 is 5.97 Å². The standard InChI is InChI=1S/C19H23NO4.C5H9Cl.C2H6/c1-5-7-13(6-2)19(23)20-12(3)15(11-18(21)22)16-10-14(24-4)8-9-17(16)20;1-3-5(2)4-6;1-2/h7-10H,5-6,11H2,1-4H3,(H,21,22);2-4H2,1H3;1-2H3/b13-7+;;. The fourth-order valence-electron chi connectivity index (χ4n) is 3.09. The number of carboxylic acid groups (broad SMARTS) is 1. The summed E-state index contributed by atoms with van der Waals surface area (Å²) in [5, 5.41) is 9.97. The van der Waals surface area contributed by atoms with E-state index in [1.807, 2.05) is 46.8 Å². The molecule has 1 aromatic heterocycles. The largest absolute Gasteiger partial charge is 0.497 e. The quantitative estimate of drug-likeness (QED) is 0.255. The molecule has 0 aliphatic rings. The van der Waals surface area contributed by atoms with Gasteiger partial charge < -0.3 is 9.84 Å². The number of benzene rings is 1. The first-order valence-electron chi connectivity index (χ1n) is 11.1. The molecule has 0 bridgehead atoms. The number of carbonyl (C=O) groups excluding carboxylic acids is 1. The maximum atomic E-state index is 13.0. The highest BCUT2D eigenvalue weighted by Gasteiger charge is 2.22. The van der Waals surface area contributed by atoms with Crippen molar-refractivity contribution in [3.05, 3.63) is 53.3 Å². The van der Waals surface area contributed by atoms with Crippen LogP contribution in [0.25, 0.3) is 10.9 Å². The first-order valence-corrected chi connectivity index (χ1v) is 11.6. The van der Waals surface area contributed by atoms with E-state index in [0.717, 1.165) is 29.4 Å². The summed E-state index contributed by atoms with van der Waals surface area (Å²) >= 11 is 5.35. The van der Waals surface area contributed by atoms with Crippen molar-refractivity contribution in [2.75, 3.05) is 13.0 Å². The van der Waals surface area contributed by atoms with Gasteiger partial charge in [0, 0.05) is 22.5 Å². The number of ether oxygens (including phenoxy) is 1. The van der Waals surface area contributed by atoms with Crippen molar-refractivity contribution >= 4 is 34.4 Å². The Morgan fingerprint density at radius 2 is 1.81 bits per heavy atom. The predicted octanol–water partition coefficient (Wildman–Crippen LogP) is 7.19. The van der Waals surface area contributed by atoms with Crippen molar-refractivity contribution in [2.45, 2.75) is 67.2 Å². The molecule has 0 spiro atoms. The minimum Gasteiger partial charge on any atom is -0.497 e. The number of aromatic nitrogens is 1. The molecule has 0 atom stereocenters. The minimum atomic E-state index is -0.924. The summed E-state index contributed by atoms with van der Waals surface area (Å²) in [6.07, 6.45) is 4.21. The third-order valence-electron chi connectivity index (χ3n) is 4.87. The van der Waals surface area contributed by atoms with Crippen LogP contribution in [0.15, 0.2) is 42.0 Å². The Hall–Kier alpha value is -2.53. The molecule has 0 saturated carbocycles. The zero-order valence-electron chi connectivity index (χ0n) is 20.5. The number of hydrogen-bond acceptors (Lipinski definition) is 3. The number of rotatable bonds is 8. The third kappa shape index (κ3) is 7.86. The summed E-state index contributed by atoms with van der Waals surface area (Å²) in [7, 11) is 1.56. The van der Waals surface area contributed by atoms with Crippen molar-refractivity contribution in [1.29, 1.82) is 0 Å². The van der Waals surface area contributed by atoms with Crippen LogP contribution in [0, 0.1) is 6.92 Å². The van der Waals surface area contributed by atoms with Crippen LogP contribution in [-0.4, -0.2) is 34.5 Å². The molecule has 0 saturated heterocycles. The molecule has 5 nitrogen and oxygen atoms in total. The molecule has 2 rings (SSSR count). The predicted molar refractivity (Wildman–Crippen MR) is 135 cm³/mol. The van der Waals surface area contributed by atoms with Gasteiger partial charge in [0.05, 0.1) is 19.0 Å². The van der Waals surface area contributed by atoms with Crippen molar-refractivity contribution in [3.63, 3.8) is 0 Å². The lowest BCUT2D eigenvalue weighted by Gasteiger charge is -2.09. The fourth-order valence-corrected chi connectivity index (χ4v) is 3.28. The molecule has 0 aliphatic carbocycles. The number of carboxylic acids is 1. The average Bonchev–Trinajstić information content (AvgIpc) is 3.08. The summed E-state index contributed by atoms with van der Waals surface area (Å²) in [5.41, 5.74) is 3.87. The maximum absolute atomic E-state index is 13.0. The van der Waals surface area contributed by atoms with Crippen LogP contribution in [0.1, 0.15) is 69.9 Å². The molecule has 0 radical (unpaired) electrons. The second kappa shape index (κ2) is 15.3. The van der Waals surface area contributed by atoms with Gasteiger partial charge in [0.25, 0.3) is 5.91 Å². The van der Waals surface area contributed by atoms with E-state index in [9.17, 15) is 14.7 Å². The lowest BCUT2D eigenvalue weighted by molar-refractivity contribution is -0.136. The Kier molecular flexibility index (Phi) is 14.1. The van der Waals surface area contributed by atoms with Crippen LogP contribution in [0.2, 0.25) is 0 Å². The van der Waals surface area contributed by atoms with E-state index >= 15 is 0 Å². The van der Waals surface area contributed by atoms with Crippen molar-refractivity contribution in [1.82, 2.24) is 4.57 Å². The Balaban J connectivity index is 0.00000104. The number of nitrogens with zero attached hydrogens (tertiary/aromatic N) is 1. The molecule has 0 aliphatic heterocycles. The summed E-state index contributed by atoms with van der Waals surface area (Å²) in [6.45, 7) is 15.4. The molecule has 0 amide bonds. The van der Waals surface area contributed by atoms with Crippen molar-refractivity contribution in [3.8, 4) is 5.75 Å². The van der Waals surface area contributed by atoms with Crippen LogP contribution < -0.4 is 4.74 Å². The number of carbonyl (C=O) groups is 2. The molecular formula is C26H38ClNO4. The fraction of sp³-hybridized carbons (Fsp3) is 0.462. The van der Waals surface area contributed by atoms with Gasteiger partial charge in [-0.25, -0.2) is 0 Å². The molecule has 0 fully saturated rings. The Labute approximate surface area is 197 Å². The van der Waals surface area contributed by atoms with Gasteiger partial charge in [-0.1, -0.05) is 52.8 Å². The maximum Gasteiger partial charge on any atom is 0.307 e. The molecule has 1 N–H and O–H groups in total. The second-order valence-corrected chi connectivity index (χ2v) is 7.15. The number of hydrogen-bond donors (Lipinski definition) is 1. The van der Waals surface area contributed by atoms with Gasteiger partial charge in [-0.3, -0.25) is 14.2 Å². The number of halogens is 1. The number of allylic oxidation sites excluding steroid dienone is 3. The highest BCUT2D eigenvalue weighted by atomic mass is 35.5. The van der Waals surface area contributed by atoms with Gasteiger partial charge in [-0.05, 0) is 49.9 Å². The first-order chi connectivity index (χ1) is 15.2. The number of methoxy groups -OCH3 is 1. The van der Waals surface area contributed by atoms with E-state index in [-0.39, 0.29) is 12.3 Å². The lowest BCUT2D eigenvalue weighted by atomic mass is 10.1.